The minimum atomic E-state index is -0.421. The maximum absolute atomic E-state index is 11.6. The number of hydrogen-bond donors (Lipinski definition) is 3. The highest BCUT2D eigenvalue weighted by Gasteiger charge is 2.03. The molecule has 0 bridgehead atoms. The molecule has 20 heavy (non-hydrogen) atoms. The molecule has 5 heteroatoms. The lowest BCUT2D eigenvalue weighted by atomic mass is 10.2. The summed E-state index contributed by atoms with van der Waals surface area (Å²) in [5, 5.41) is 14.7. The minimum Gasteiger partial charge on any atom is -0.506 e. The molecule has 0 saturated heterocycles. The first-order chi connectivity index (χ1) is 9.66. The fraction of sp³-hybridized carbons (Fsp3) is 0. The van der Waals surface area contributed by atoms with E-state index in [1.54, 1.807) is 24.3 Å². The Labute approximate surface area is 125 Å². The van der Waals surface area contributed by atoms with Gasteiger partial charge in [0.1, 0.15) is 5.75 Å². The van der Waals surface area contributed by atoms with Gasteiger partial charge in [-0.1, -0.05) is 46.3 Å². The number of benzene rings is 2. The van der Waals surface area contributed by atoms with E-state index in [4.69, 9.17) is 0 Å². The van der Waals surface area contributed by atoms with Gasteiger partial charge < -0.3 is 15.7 Å². The molecule has 4 nitrogen and oxygen atoms in total. The largest absolute Gasteiger partial charge is 0.506 e. The number of urea groups is 1. The van der Waals surface area contributed by atoms with Crippen LogP contribution < -0.4 is 10.6 Å². The number of anilines is 1. The summed E-state index contributed by atoms with van der Waals surface area (Å²) in [5.41, 5.74) is 1.31. The Kier molecular flexibility index (Phi) is 4.79. The zero-order valence-corrected chi connectivity index (χ0v) is 12.1. The van der Waals surface area contributed by atoms with Gasteiger partial charge in [0.05, 0.1) is 5.69 Å². The number of para-hydroxylation sites is 2. The maximum atomic E-state index is 11.6. The molecule has 0 spiro atoms. The monoisotopic (exact) mass is 332 g/mol. The van der Waals surface area contributed by atoms with Crippen molar-refractivity contribution >= 4 is 33.7 Å². The van der Waals surface area contributed by atoms with E-state index in [1.807, 2.05) is 24.3 Å². The fourth-order valence-electron chi connectivity index (χ4n) is 1.56. The molecule has 0 aliphatic heterocycles. The third kappa shape index (κ3) is 3.86. The van der Waals surface area contributed by atoms with Crippen LogP contribution in [0.5, 0.6) is 5.75 Å². The highest BCUT2D eigenvalue weighted by Crippen LogP contribution is 2.21. The van der Waals surface area contributed by atoms with E-state index in [9.17, 15) is 9.90 Å². The van der Waals surface area contributed by atoms with Gasteiger partial charge in [-0.15, -0.1) is 0 Å². The minimum absolute atomic E-state index is 0.0254. The summed E-state index contributed by atoms with van der Waals surface area (Å²) >= 11 is 3.41. The second-order valence-electron chi connectivity index (χ2n) is 3.97. The SMILES string of the molecule is O=C(N/C=C/c1ccccc1Br)Nc1ccccc1O. The molecule has 0 aliphatic carbocycles. The van der Waals surface area contributed by atoms with Gasteiger partial charge in [-0.25, -0.2) is 4.79 Å². The zero-order valence-electron chi connectivity index (χ0n) is 10.5. The standard InChI is InChI=1S/C15H13BrN2O2/c16-12-6-2-1-5-11(12)9-10-17-15(20)18-13-7-3-4-8-14(13)19/h1-10,19H,(H2,17,18,20)/b10-9+. The molecule has 0 aromatic heterocycles. The number of rotatable bonds is 3. The van der Waals surface area contributed by atoms with Gasteiger partial charge in [-0.3, -0.25) is 0 Å². The van der Waals surface area contributed by atoms with Gasteiger partial charge in [0, 0.05) is 10.7 Å². The number of halogens is 1. The summed E-state index contributed by atoms with van der Waals surface area (Å²) in [6.45, 7) is 0. The average Bonchev–Trinajstić information content (AvgIpc) is 2.43. The summed E-state index contributed by atoms with van der Waals surface area (Å²) in [7, 11) is 0. The second-order valence-corrected chi connectivity index (χ2v) is 4.82. The van der Waals surface area contributed by atoms with E-state index in [0.717, 1.165) is 10.0 Å². The van der Waals surface area contributed by atoms with Gasteiger partial charge in [-0.2, -0.15) is 0 Å². The number of hydrogen-bond acceptors (Lipinski definition) is 2. The number of carbonyl (C=O) groups is 1. The Hall–Kier alpha value is -2.27. The Morgan fingerprint density at radius 2 is 1.80 bits per heavy atom. The topological polar surface area (TPSA) is 61.4 Å². The van der Waals surface area contributed by atoms with E-state index >= 15 is 0 Å². The van der Waals surface area contributed by atoms with E-state index < -0.39 is 6.03 Å². The van der Waals surface area contributed by atoms with Crippen molar-refractivity contribution in [3.8, 4) is 5.75 Å². The summed E-state index contributed by atoms with van der Waals surface area (Å²) < 4.78 is 0.944. The third-order valence-corrected chi connectivity index (χ3v) is 3.26. The van der Waals surface area contributed by atoms with Gasteiger partial charge in [0.2, 0.25) is 0 Å². The van der Waals surface area contributed by atoms with Crippen molar-refractivity contribution in [3.05, 3.63) is 64.8 Å². The molecule has 0 heterocycles. The molecule has 2 aromatic rings. The molecule has 2 aromatic carbocycles. The van der Waals surface area contributed by atoms with Crippen molar-refractivity contribution in [1.29, 1.82) is 0 Å². The van der Waals surface area contributed by atoms with Crippen molar-refractivity contribution in [2.45, 2.75) is 0 Å². The lowest BCUT2D eigenvalue weighted by Gasteiger charge is -2.06. The first-order valence-corrected chi connectivity index (χ1v) is 6.73. The number of nitrogens with one attached hydrogen (secondary N) is 2. The van der Waals surface area contributed by atoms with Crippen LogP contribution in [0.25, 0.3) is 6.08 Å². The van der Waals surface area contributed by atoms with Crippen LogP contribution >= 0.6 is 15.9 Å². The average molecular weight is 333 g/mol. The molecular weight excluding hydrogens is 320 g/mol. The Balaban J connectivity index is 1.93. The van der Waals surface area contributed by atoms with Crippen LogP contribution in [-0.4, -0.2) is 11.1 Å². The quantitative estimate of drug-likeness (QED) is 0.745. The van der Waals surface area contributed by atoms with Crippen LogP contribution in [0.3, 0.4) is 0 Å². The van der Waals surface area contributed by atoms with E-state index in [1.165, 1.54) is 12.3 Å². The van der Waals surface area contributed by atoms with E-state index in [-0.39, 0.29) is 5.75 Å². The Bertz CT molecular complexity index is 641. The summed E-state index contributed by atoms with van der Waals surface area (Å²) in [6, 6.07) is 13.8. The van der Waals surface area contributed by atoms with E-state index in [0.29, 0.717) is 5.69 Å². The van der Waals surface area contributed by atoms with Crippen LogP contribution in [0.2, 0.25) is 0 Å². The predicted octanol–water partition coefficient (Wildman–Crippen LogP) is 3.95. The zero-order chi connectivity index (χ0) is 14.4. The molecule has 0 aliphatic rings. The van der Waals surface area contributed by atoms with Crippen LogP contribution in [-0.2, 0) is 0 Å². The lowest BCUT2D eigenvalue weighted by molar-refractivity contribution is 0.255. The van der Waals surface area contributed by atoms with Crippen LogP contribution in [0.1, 0.15) is 5.56 Å². The summed E-state index contributed by atoms with van der Waals surface area (Å²) in [5.74, 6) is 0.0254. The van der Waals surface area contributed by atoms with Gasteiger partial charge >= 0.3 is 6.03 Å². The number of aromatic hydroxyl groups is 1. The van der Waals surface area contributed by atoms with Gasteiger partial charge in [-0.05, 0) is 29.8 Å². The van der Waals surface area contributed by atoms with E-state index in [2.05, 4.69) is 26.6 Å². The molecule has 0 radical (unpaired) electrons. The van der Waals surface area contributed by atoms with Crippen molar-refractivity contribution in [2.24, 2.45) is 0 Å². The van der Waals surface area contributed by atoms with Crippen molar-refractivity contribution in [1.82, 2.24) is 5.32 Å². The van der Waals surface area contributed by atoms with Crippen LogP contribution in [0, 0.1) is 0 Å². The number of phenolic OH excluding ortho intramolecular Hbond substituents is 1. The number of carbonyl (C=O) groups excluding carboxylic acids is 1. The lowest BCUT2D eigenvalue weighted by Crippen LogP contribution is -2.23. The van der Waals surface area contributed by atoms with Crippen molar-refractivity contribution in [3.63, 3.8) is 0 Å². The smallest absolute Gasteiger partial charge is 0.323 e. The molecule has 0 fully saturated rings. The summed E-state index contributed by atoms with van der Waals surface area (Å²) in [4.78, 5) is 11.6. The predicted molar refractivity (Wildman–Crippen MR) is 83.4 cm³/mol. The first kappa shape index (κ1) is 14.1. The molecule has 102 valence electrons. The highest BCUT2D eigenvalue weighted by molar-refractivity contribution is 9.10. The molecule has 0 atom stereocenters. The number of phenols is 1. The molecule has 0 unspecified atom stereocenters. The van der Waals surface area contributed by atoms with Gasteiger partial charge in [0.15, 0.2) is 0 Å². The first-order valence-electron chi connectivity index (χ1n) is 5.93. The van der Waals surface area contributed by atoms with Gasteiger partial charge in [0.25, 0.3) is 0 Å². The Morgan fingerprint density at radius 1 is 1.10 bits per heavy atom. The number of amides is 2. The second kappa shape index (κ2) is 6.77. The third-order valence-electron chi connectivity index (χ3n) is 2.53. The van der Waals surface area contributed by atoms with Crippen LogP contribution in [0.4, 0.5) is 10.5 Å². The van der Waals surface area contributed by atoms with Crippen molar-refractivity contribution < 1.29 is 9.90 Å². The maximum Gasteiger partial charge on any atom is 0.323 e. The molecule has 2 rings (SSSR count). The van der Waals surface area contributed by atoms with Crippen LogP contribution in [0.15, 0.2) is 59.2 Å². The molecule has 0 saturated carbocycles. The highest BCUT2D eigenvalue weighted by atomic mass is 79.9. The van der Waals surface area contributed by atoms with Crippen molar-refractivity contribution in [2.75, 3.05) is 5.32 Å². The Morgan fingerprint density at radius 3 is 2.55 bits per heavy atom. The normalized spacial score (nSPS) is 10.4. The molecule has 2 amide bonds. The fourth-order valence-corrected chi connectivity index (χ4v) is 1.97. The molecule has 3 N–H and O–H groups in total. The molecular formula is C15H13BrN2O2. The summed E-state index contributed by atoms with van der Waals surface area (Å²) in [6.07, 6.45) is 3.31.